The number of rotatable bonds is 13. The summed E-state index contributed by atoms with van der Waals surface area (Å²) in [5, 5.41) is 11.0. The van der Waals surface area contributed by atoms with Gasteiger partial charge in [0.1, 0.15) is 17.6 Å². The van der Waals surface area contributed by atoms with Crippen LogP contribution in [0.4, 0.5) is 5.69 Å². The Bertz CT molecular complexity index is 1190. The number of likely N-dealkylation sites (tertiary alicyclic amines) is 1. The van der Waals surface area contributed by atoms with E-state index in [0.717, 1.165) is 0 Å². The molecule has 0 aliphatic carbocycles. The maximum atomic E-state index is 14.8. The van der Waals surface area contributed by atoms with Crippen LogP contribution in [-0.2, 0) is 23.9 Å². The zero-order valence-electron chi connectivity index (χ0n) is 24.6. The molecule has 41 heavy (non-hydrogen) atoms. The first-order valence-corrected chi connectivity index (χ1v) is 15.0. The highest BCUT2D eigenvalue weighted by molar-refractivity contribution is 6.34. The van der Waals surface area contributed by atoms with Gasteiger partial charge >= 0.3 is 5.97 Å². The molecule has 3 aliphatic rings. The number of aliphatic hydroxyl groups is 1. The van der Waals surface area contributed by atoms with E-state index in [2.05, 4.69) is 13.2 Å². The first-order valence-electron chi connectivity index (χ1n) is 14.6. The number of halogens is 1. The highest BCUT2D eigenvalue weighted by Gasteiger charge is 2.81. The Morgan fingerprint density at radius 1 is 1.32 bits per heavy atom. The zero-order valence-corrected chi connectivity index (χ0v) is 25.3. The van der Waals surface area contributed by atoms with Crippen LogP contribution in [0.15, 0.2) is 49.6 Å². The Balaban J connectivity index is 1.85. The van der Waals surface area contributed by atoms with Crippen LogP contribution >= 0.6 is 11.6 Å². The molecule has 3 saturated heterocycles. The SMILES string of the molecule is C=CCCCOC(=O)[C@H]1[C@H]2C(=O)N([C@@H](CO)[C@@H](C)CC)C(C(=O)N(CC=C)c3ccccc3Cl)C23CC(C)[C@]1(C)O3. The molecule has 9 heteroatoms. The van der Waals surface area contributed by atoms with Crippen molar-refractivity contribution < 1.29 is 29.0 Å². The second kappa shape index (κ2) is 12.3. The molecule has 1 aromatic rings. The molecule has 1 N–H and O–H groups in total. The second-order valence-corrected chi connectivity index (χ2v) is 12.3. The number of para-hydroxylation sites is 1. The van der Waals surface area contributed by atoms with Crippen LogP contribution in [0, 0.1) is 23.7 Å². The number of aliphatic hydroxyl groups excluding tert-OH is 1. The molecule has 0 aromatic heterocycles. The molecular weight excluding hydrogens is 544 g/mol. The number of hydrogen-bond donors (Lipinski definition) is 1. The minimum absolute atomic E-state index is 0.114. The van der Waals surface area contributed by atoms with E-state index in [4.69, 9.17) is 21.1 Å². The molecule has 3 unspecified atom stereocenters. The Morgan fingerprint density at radius 2 is 2.02 bits per heavy atom. The van der Waals surface area contributed by atoms with Gasteiger partial charge in [-0.15, -0.1) is 13.2 Å². The molecule has 1 aromatic carbocycles. The van der Waals surface area contributed by atoms with E-state index >= 15 is 0 Å². The molecule has 2 amide bonds. The van der Waals surface area contributed by atoms with Crippen molar-refractivity contribution in [3.05, 3.63) is 54.6 Å². The predicted octanol–water partition coefficient (Wildman–Crippen LogP) is 4.79. The van der Waals surface area contributed by atoms with Gasteiger partial charge in [-0.3, -0.25) is 14.4 Å². The summed E-state index contributed by atoms with van der Waals surface area (Å²) in [5.74, 6) is -3.27. The quantitative estimate of drug-likeness (QED) is 0.203. The molecule has 2 bridgehead atoms. The number of anilines is 1. The highest BCUT2D eigenvalue weighted by Crippen LogP contribution is 2.66. The fourth-order valence-corrected chi connectivity index (χ4v) is 7.47. The van der Waals surface area contributed by atoms with Gasteiger partial charge < -0.3 is 24.4 Å². The van der Waals surface area contributed by atoms with E-state index in [1.807, 2.05) is 27.7 Å². The fraction of sp³-hybridized carbons (Fsp3) is 0.594. The topological polar surface area (TPSA) is 96.4 Å². The number of fused-ring (bicyclic) bond motifs is 1. The number of carbonyl (C=O) groups is 3. The highest BCUT2D eigenvalue weighted by atomic mass is 35.5. The monoisotopic (exact) mass is 586 g/mol. The number of unbranched alkanes of at least 4 members (excludes halogenated alkanes) is 1. The van der Waals surface area contributed by atoms with Crippen molar-refractivity contribution in [1.29, 1.82) is 0 Å². The minimum Gasteiger partial charge on any atom is -0.465 e. The summed E-state index contributed by atoms with van der Waals surface area (Å²) < 4.78 is 12.5. The van der Waals surface area contributed by atoms with Gasteiger partial charge in [0.25, 0.3) is 5.91 Å². The molecule has 0 saturated carbocycles. The van der Waals surface area contributed by atoms with Crippen LogP contribution in [0.25, 0.3) is 0 Å². The fourth-order valence-electron chi connectivity index (χ4n) is 7.23. The number of esters is 1. The van der Waals surface area contributed by atoms with E-state index < -0.39 is 41.1 Å². The Morgan fingerprint density at radius 3 is 2.63 bits per heavy atom. The predicted molar refractivity (Wildman–Crippen MR) is 158 cm³/mol. The third kappa shape index (κ3) is 5.02. The molecule has 8 atom stereocenters. The summed E-state index contributed by atoms with van der Waals surface area (Å²) in [6.45, 7) is 15.4. The first kappa shape index (κ1) is 31.3. The summed E-state index contributed by atoms with van der Waals surface area (Å²) in [4.78, 5) is 46.0. The van der Waals surface area contributed by atoms with Crippen LogP contribution in [0.1, 0.15) is 53.4 Å². The maximum Gasteiger partial charge on any atom is 0.312 e. The zero-order chi connectivity index (χ0) is 30.1. The summed E-state index contributed by atoms with van der Waals surface area (Å²) in [7, 11) is 0. The van der Waals surface area contributed by atoms with Crippen LogP contribution in [0.5, 0.6) is 0 Å². The molecule has 3 fully saturated rings. The number of benzene rings is 1. The molecule has 224 valence electrons. The molecule has 3 aliphatic heterocycles. The number of carbonyl (C=O) groups excluding carboxylic acids is 3. The molecule has 3 heterocycles. The minimum atomic E-state index is -1.27. The van der Waals surface area contributed by atoms with Crippen LogP contribution < -0.4 is 4.90 Å². The molecule has 8 nitrogen and oxygen atoms in total. The normalized spacial score (nSPS) is 31.5. The van der Waals surface area contributed by atoms with Crippen molar-refractivity contribution in [2.45, 2.75) is 76.7 Å². The Labute approximate surface area is 248 Å². The lowest BCUT2D eigenvalue weighted by Gasteiger charge is -2.41. The van der Waals surface area contributed by atoms with Crippen molar-refractivity contribution in [2.75, 3.05) is 24.7 Å². The number of amides is 2. The van der Waals surface area contributed by atoms with Crippen molar-refractivity contribution in [3.63, 3.8) is 0 Å². The van der Waals surface area contributed by atoms with E-state index in [1.54, 1.807) is 36.4 Å². The smallest absolute Gasteiger partial charge is 0.312 e. The van der Waals surface area contributed by atoms with Gasteiger partial charge in [-0.05, 0) is 50.2 Å². The molecule has 4 rings (SSSR count). The summed E-state index contributed by atoms with van der Waals surface area (Å²) >= 11 is 6.55. The van der Waals surface area contributed by atoms with Crippen molar-refractivity contribution in [1.82, 2.24) is 4.90 Å². The van der Waals surface area contributed by atoms with Gasteiger partial charge in [0.2, 0.25) is 5.91 Å². The maximum absolute atomic E-state index is 14.8. The third-order valence-corrected chi connectivity index (χ3v) is 9.92. The van der Waals surface area contributed by atoms with Crippen LogP contribution in [0.2, 0.25) is 5.02 Å². The van der Waals surface area contributed by atoms with Crippen molar-refractivity contribution in [2.24, 2.45) is 23.7 Å². The lowest BCUT2D eigenvalue weighted by Crippen LogP contribution is -2.60. The van der Waals surface area contributed by atoms with Gasteiger partial charge in [0.05, 0.1) is 41.5 Å². The van der Waals surface area contributed by atoms with E-state index in [0.29, 0.717) is 36.4 Å². The van der Waals surface area contributed by atoms with Crippen molar-refractivity contribution in [3.8, 4) is 0 Å². The lowest BCUT2D eigenvalue weighted by molar-refractivity contribution is -0.163. The standard InChI is InChI=1S/C32H43ClN2O6/c1-7-10-13-17-40-30(39)26-25-28(37)35(24(19-36)20(4)9-3)27(32(25)18-21(5)31(26,6)41-32)29(38)34(16-8-2)23-15-12-11-14-22(23)33/h7-8,11-12,14-15,20-21,24-27,36H,1-2,9-10,13,16-19H2,3-6H3/t20-,21?,24-,25-,26+,27?,31-,32?/m0/s1. The second-order valence-electron chi connectivity index (χ2n) is 11.9. The van der Waals surface area contributed by atoms with E-state index in [9.17, 15) is 19.5 Å². The van der Waals surface area contributed by atoms with Gasteiger partial charge in [-0.25, -0.2) is 0 Å². The largest absolute Gasteiger partial charge is 0.465 e. The van der Waals surface area contributed by atoms with E-state index in [1.165, 1.54) is 9.80 Å². The summed E-state index contributed by atoms with van der Waals surface area (Å²) in [6.07, 6.45) is 5.79. The average molecular weight is 587 g/mol. The van der Waals surface area contributed by atoms with Crippen LogP contribution in [0.3, 0.4) is 0 Å². The number of hydrogen-bond acceptors (Lipinski definition) is 6. The summed E-state index contributed by atoms with van der Waals surface area (Å²) in [5.41, 5.74) is -1.77. The number of nitrogens with zero attached hydrogens (tertiary/aromatic N) is 2. The number of allylic oxidation sites excluding steroid dienone is 1. The summed E-state index contributed by atoms with van der Waals surface area (Å²) in [6, 6.07) is 5.30. The van der Waals surface area contributed by atoms with Gasteiger partial charge in [0.15, 0.2) is 0 Å². The Hall–Kier alpha value is -2.68. The number of ether oxygens (including phenoxy) is 2. The first-order chi connectivity index (χ1) is 19.5. The van der Waals surface area contributed by atoms with Gasteiger partial charge in [0, 0.05) is 6.54 Å². The van der Waals surface area contributed by atoms with E-state index in [-0.39, 0.29) is 43.4 Å². The Kier molecular flexibility index (Phi) is 9.36. The lowest BCUT2D eigenvalue weighted by atomic mass is 9.62. The molecule has 0 radical (unpaired) electrons. The van der Waals surface area contributed by atoms with Gasteiger partial charge in [-0.2, -0.15) is 0 Å². The molecule has 1 spiro atoms. The third-order valence-electron chi connectivity index (χ3n) is 9.60. The average Bonchev–Trinajstić information content (AvgIpc) is 3.47. The van der Waals surface area contributed by atoms with Crippen molar-refractivity contribution >= 4 is 35.1 Å². The van der Waals surface area contributed by atoms with Crippen LogP contribution in [-0.4, -0.2) is 70.8 Å². The van der Waals surface area contributed by atoms with Gasteiger partial charge in [-0.1, -0.05) is 63.1 Å². The molecular formula is C32H43ClN2O6.